The molecule has 2 atom stereocenters. The maximum atomic E-state index is 14.0. The van der Waals surface area contributed by atoms with E-state index in [1.165, 1.54) is 39.9 Å². The average molecular weight is 486 g/mol. The maximum absolute atomic E-state index is 14.0. The summed E-state index contributed by atoms with van der Waals surface area (Å²) in [6, 6.07) is 1.70. The van der Waals surface area contributed by atoms with E-state index in [2.05, 4.69) is 10.3 Å². The van der Waals surface area contributed by atoms with Gasteiger partial charge < -0.3 is 15.1 Å². The van der Waals surface area contributed by atoms with Crippen LogP contribution in [0.3, 0.4) is 0 Å². The van der Waals surface area contributed by atoms with Crippen LogP contribution in [0.15, 0.2) is 23.2 Å². The van der Waals surface area contributed by atoms with E-state index in [0.29, 0.717) is 24.8 Å². The second-order valence-corrected chi connectivity index (χ2v) is 9.02. The van der Waals surface area contributed by atoms with Gasteiger partial charge in [0.05, 0.1) is 11.7 Å². The van der Waals surface area contributed by atoms with E-state index in [4.69, 9.17) is 0 Å². The number of halogens is 1. The fourth-order valence-electron chi connectivity index (χ4n) is 4.70. The molecule has 10 nitrogen and oxygen atoms in total. The number of hydrogen-bond acceptors (Lipinski definition) is 6. The highest BCUT2D eigenvalue weighted by atomic mass is 19.1. The van der Waals surface area contributed by atoms with Crippen LogP contribution in [0.5, 0.6) is 0 Å². The number of carbonyl (C=O) groups excluding carboxylic acids is 5. The third-order valence-corrected chi connectivity index (χ3v) is 6.78. The number of ketones is 1. The number of amidine groups is 1. The lowest BCUT2D eigenvalue weighted by Crippen LogP contribution is -2.58. The molecular weight excluding hydrogens is 457 g/mol. The van der Waals surface area contributed by atoms with Crippen molar-refractivity contribution in [1.29, 1.82) is 0 Å². The van der Waals surface area contributed by atoms with Gasteiger partial charge in [-0.3, -0.25) is 28.9 Å². The summed E-state index contributed by atoms with van der Waals surface area (Å²) in [4.78, 5) is 72.9. The summed E-state index contributed by atoms with van der Waals surface area (Å²) in [5.41, 5.74) is 0.716. The van der Waals surface area contributed by atoms with Crippen molar-refractivity contribution in [2.75, 3.05) is 25.5 Å². The molecule has 0 saturated carbocycles. The Hall–Kier alpha value is -3.63. The zero-order valence-corrected chi connectivity index (χ0v) is 19.8. The van der Waals surface area contributed by atoms with Crippen molar-refractivity contribution in [2.45, 2.75) is 57.2 Å². The van der Waals surface area contributed by atoms with Crippen LogP contribution in [0.25, 0.3) is 0 Å². The number of fused-ring (bicyclic) bond motifs is 2. The molecule has 1 fully saturated rings. The van der Waals surface area contributed by atoms with E-state index in [1.807, 2.05) is 0 Å². The van der Waals surface area contributed by atoms with Crippen molar-refractivity contribution in [3.63, 3.8) is 0 Å². The third-order valence-electron chi connectivity index (χ3n) is 6.78. The van der Waals surface area contributed by atoms with Crippen molar-refractivity contribution >= 4 is 40.9 Å². The van der Waals surface area contributed by atoms with Gasteiger partial charge in [0.25, 0.3) is 17.6 Å². The Morgan fingerprint density at radius 3 is 2.51 bits per heavy atom. The molecule has 1 N–H and O–H groups in total. The number of amides is 4. The van der Waals surface area contributed by atoms with E-state index in [-0.39, 0.29) is 55.7 Å². The molecule has 4 rings (SSSR count). The van der Waals surface area contributed by atoms with E-state index < -0.39 is 35.5 Å². The predicted octanol–water partition coefficient (Wildman–Crippen LogP) is 0.778. The number of carbonyl (C=O) groups is 5. The molecule has 1 saturated heterocycles. The summed E-state index contributed by atoms with van der Waals surface area (Å²) < 4.78 is 14.0. The smallest absolute Gasteiger partial charge is 0.298 e. The first-order chi connectivity index (χ1) is 16.7. The zero-order chi connectivity index (χ0) is 25.3. The number of nitrogens with zero attached hydrogens (tertiary/aromatic N) is 4. The first kappa shape index (κ1) is 24.5. The zero-order valence-electron chi connectivity index (χ0n) is 19.8. The van der Waals surface area contributed by atoms with Gasteiger partial charge in [-0.25, -0.2) is 9.38 Å². The molecule has 1 aromatic rings. The Balaban J connectivity index is 1.74. The number of aliphatic imine (C=N–C) groups is 1. The fourth-order valence-corrected chi connectivity index (χ4v) is 4.70. The number of hydrogen-bond donors (Lipinski definition) is 1. The number of anilines is 1. The van der Waals surface area contributed by atoms with E-state index in [9.17, 15) is 28.4 Å². The second-order valence-electron chi connectivity index (χ2n) is 9.02. The van der Waals surface area contributed by atoms with Crippen molar-refractivity contribution in [3.05, 3.63) is 29.6 Å². The van der Waals surface area contributed by atoms with Crippen LogP contribution < -0.4 is 10.2 Å². The number of benzene rings is 1. The molecular formula is C24H28FN5O5. The van der Waals surface area contributed by atoms with Crippen LogP contribution in [0.2, 0.25) is 0 Å². The first-order valence-electron chi connectivity index (χ1n) is 11.7. The second kappa shape index (κ2) is 9.93. The van der Waals surface area contributed by atoms with E-state index >= 15 is 0 Å². The summed E-state index contributed by atoms with van der Waals surface area (Å²) in [7, 11) is 3.10. The minimum atomic E-state index is -1.57. The van der Waals surface area contributed by atoms with Crippen molar-refractivity contribution in [1.82, 2.24) is 15.1 Å². The largest absolute Gasteiger partial charge is 0.350 e. The lowest BCUT2D eigenvalue weighted by molar-refractivity contribution is -0.146. The predicted molar refractivity (Wildman–Crippen MR) is 124 cm³/mol. The Kier molecular flexibility index (Phi) is 6.95. The summed E-state index contributed by atoms with van der Waals surface area (Å²) >= 11 is 0. The highest BCUT2D eigenvalue weighted by molar-refractivity contribution is 6.46. The molecule has 3 heterocycles. The van der Waals surface area contributed by atoms with Gasteiger partial charge in [0.2, 0.25) is 11.8 Å². The number of nitrogens with one attached hydrogen (secondary N) is 1. The van der Waals surface area contributed by atoms with Gasteiger partial charge in [0.1, 0.15) is 11.7 Å². The molecule has 0 aliphatic carbocycles. The van der Waals surface area contributed by atoms with E-state index in [0.717, 1.165) is 0 Å². The molecule has 0 aromatic heterocycles. The monoisotopic (exact) mass is 485 g/mol. The van der Waals surface area contributed by atoms with Crippen LogP contribution in [0.4, 0.5) is 10.1 Å². The lowest BCUT2D eigenvalue weighted by Gasteiger charge is -2.35. The van der Waals surface area contributed by atoms with Gasteiger partial charge in [-0.1, -0.05) is 6.07 Å². The van der Waals surface area contributed by atoms with Gasteiger partial charge in [-0.15, -0.1) is 0 Å². The normalized spacial score (nSPS) is 24.6. The molecule has 35 heavy (non-hydrogen) atoms. The van der Waals surface area contributed by atoms with Gasteiger partial charge in [-0.05, 0) is 43.4 Å². The summed E-state index contributed by atoms with van der Waals surface area (Å²) in [5, 5.41) is 2.60. The molecule has 2 bridgehead atoms. The Labute approximate surface area is 202 Å². The van der Waals surface area contributed by atoms with Crippen LogP contribution in [-0.4, -0.2) is 77.8 Å². The molecule has 3 aliphatic heterocycles. The number of Topliss-reactive ketones (excluding diaryl/α,β-unsaturated/α-hetero) is 1. The molecule has 4 amide bonds. The summed E-state index contributed by atoms with van der Waals surface area (Å²) in [6.45, 7) is 0.191. The summed E-state index contributed by atoms with van der Waals surface area (Å²) in [6.07, 6.45) is 2.34. The maximum Gasteiger partial charge on any atom is 0.298 e. The SMILES string of the molecule is CN1C(=O)CCCC(=O)N(C)C2CCCCN3C(=O)C(=O)C(N=C23)C(=O)NCc2ccc(F)cc21. The first-order valence-corrected chi connectivity index (χ1v) is 11.7. The van der Waals surface area contributed by atoms with Crippen LogP contribution in [-0.2, 0) is 30.5 Å². The lowest BCUT2D eigenvalue weighted by atomic mass is 10.0. The van der Waals surface area contributed by atoms with E-state index in [1.54, 1.807) is 7.05 Å². The third kappa shape index (κ3) is 4.80. The van der Waals surface area contributed by atoms with Gasteiger partial charge in [0.15, 0.2) is 6.04 Å². The number of likely N-dealkylation sites (N-methyl/N-ethyl adjacent to an activating group) is 1. The molecule has 186 valence electrons. The molecule has 1 aromatic carbocycles. The van der Waals surface area contributed by atoms with Crippen LogP contribution in [0, 0.1) is 5.82 Å². The van der Waals surface area contributed by atoms with Crippen molar-refractivity contribution in [3.8, 4) is 0 Å². The van der Waals surface area contributed by atoms with Crippen LogP contribution in [0.1, 0.15) is 44.1 Å². The minimum Gasteiger partial charge on any atom is -0.350 e. The number of rotatable bonds is 0. The standard InChI is InChI=1S/C24H28FN5O5/c1-28-16-6-3-4-11-30-22(16)27-20(21(33)24(30)35)23(34)26-13-14-9-10-15(25)12-17(14)29(2)19(32)8-5-7-18(28)31/h9-10,12,16,20H,3-8,11,13H2,1-2H3,(H,26,34). The average Bonchev–Trinajstić information content (AvgIpc) is 3.06. The molecule has 2 unspecified atom stereocenters. The van der Waals surface area contributed by atoms with Crippen molar-refractivity contribution in [2.24, 2.45) is 4.99 Å². The molecule has 11 heteroatoms. The van der Waals surface area contributed by atoms with Crippen LogP contribution >= 0.6 is 0 Å². The topological polar surface area (TPSA) is 119 Å². The Morgan fingerprint density at radius 2 is 1.74 bits per heavy atom. The molecule has 3 aliphatic rings. The Bertz CT molecular complexity index is 1120. The Morgan fingerprint density at radius 1 is 1.00 bits per heavy atom. The highest BCUT2D eigenvalue weighted by Crippen LogP contribution is 2.25. The summed E-state index contributed by atoms with van der Waals surface area (Å²) in [5.74, 6) is -3.37. The molecule has 0 spiro atoms. The van der Waals surface area contributed by atoms with Gasteiger partial charge in [0, 0.05) is 40.0 Å². The minimum absolute atomic E-state index is 0.0746. The quantitative estimate of drug-likeness (QED) is 0.430. The van der Waals surface area contributed by atoms with Gasteiger partial charge in [-0.2, -0.15) is 0 Å². The van der Waals surface area contributed by atoms with Gasteiger partial charge >= 0.3 is 0 Å². The van der Waals surface area contributed by atoms with Crippen molar-refractivity contribution < 1.29 is 28.4 Å². The fraction of sp³-hybridized carbons (Fsp3) is 0.500. The highest BCUT2D eigenvalue weighted by Gasteiger charge is 2.44. The molecule has 0 radical (unpaired) electrons.